The van der Waals surface area contributed by atoms with E-state index >= 15 is 0 Å². The summed E-state index contributed by atoms with van der Waals surface area (Å²) in [6.45, 7) is 3.53. The van der Waals surface area contributed by atoms with Crippen LogP contribution < -0.4 is 0 Å². The smallest absolute Gasteiger partial charge is 0.336 e. The van der Waals surface area contributed by atoms with Gasteiger partial charge >= 0.3 is 6.18 Å². The van der Waals surface area contributed by atoms with E-state index in [1.165, 1.54) is 17.7 Å². The van der Waals surface area contributed by atoms with Crippen LogP contribution in [0.1, 0.15) is 21.5 Å². The second-order valence-corrected chi connectivity index (χ2v) is 7.02. The second kappa shape index (κ2) is 9.63. The summed E-state index contributed by atoms with van der Waals surface area (Å²) in [5.74, 6) is -0.221. The Balaban J connectivity index is 0.00000280. The lowest BCUT2D eigenvalue weighted by Gasteiger charge is -2.34. The molecule has 1 aliphatic rings. The van der Waals surface area contributed by atoms with Crippen molar-refractivity contribution in [3.8, 4) is 0 Å². The Hall–Kier alpha value is -1.76. The van der Waals surface area contributed by atoms with Crippen molar-refractivity contribution >= 4 is 29.9 Å². The summed E-state index contributed by atoms with van der Waals surface area (Å²) in [5, 5.41) is 0.717. The number of hydrogen-bond acceptors (Lipinski definition) is 2. The van der Waals surface area contributed by atoms with Crippen LogP contribution in [0, 0.1) is 0 Å². The molecule has 8 heteroatoms. The van der Waals surface area contributed by atoms with E-state index in [9.17, 15) is 18.0 Å². The molecule has 0 radical (unpaired) electrons. The van der Waals surface area contributed by atoms with Crippen molar-refractivity contribution in [3.63, 3.8) is 0 Å². The molecule has 1 aliphatic heterocycles. The van der Waals surface area contributed by atoms with Gasteiger partial charge in [-0.15, -0.1) is 12.4 Å². The van der Waals surface area contributed by atoms with E-state index in [0.29, 0.717) is 18.1 Å². The fraction of sp³-hybridized carbons (Fsp3) is 0.350. The predicted octanol–water partition coefficient (Wildman–Crippen LogP) is 4.78. The molecule has 152 valence electrons. The standard InChI is InChI=1S/C20H20ClF3N2O.ClH/c21-18-7-1-15(2-8-18)9-10-25-11-13-26(14-12-25)19(27)16-3-5-17(6-4-16)20(22,23)24;/h1-8H,9-14H2;1H. The molecule has 0 aromatic heterocycles. The van der Waals surface area contributed by atoms with Crippen molar-refractivity contribution in [3.05, 3.63) is 70.2 Å². The Labute approximate surface area is 173 Å². The van der Waals surface area contributed by atoms with Gasteiger partial charge in [-0.2, -0.15) is 13.2 Å². The number of amides is 1. The first-order chi connectivity index (χ1) is 12.8. The third-order valence-electron chi connectivity index (χ3n) is 4.75. The van der Waals surface area contributed by atoms with Gasteiger partial charge in [0, 0.05) is 43.3 Å². The highest BCUT2D eigenvalue weighted by molar-refractivity contribution is 6.30. The molecule has 0 N–H and O–H groups in total. The van der Waals surface area contributed by atoms with Crippen LogP contribution in [0.25, 0.3) is 0 Å². The summed E-state index contributed by atoms with van der Waals surface area (Å²) >= 11 is 5.88. The number of rotatable bonds is 4. The van der Waals surface area contributed by atoms with Crippen molar-refractivity contribution in [1.82, 2.24) is 9.80 Å². The van der Waals surface area contributed by atoms with Gasteiger partial charge in [-0.05, 0) is 48.4 Å². The Kier molecular flexibility index (Phi) is 7.75. The van der Waals surface area contributed by atoms with E-state index in [2.05, 4.69) is 4.90 Å². The van der Waals surface area contributed by atoms with E-state index < -0.39 is 11.7 Å². The van der Waals surface area contributed by atoms with Gasteiger partial charge in [0.2, 0.25) is 0 Å². The molecule has 1 fully saturated rings. The lowest BCUT2D eigenvalue weighted by molar-refractivity contribution is -0.137. The maximum atomic E-state index is 12.6. The number of benzene rings is 2. The molecule has 3 rings (SSSR count). The molecule has 2 aromatic carbocycles. The van der Waals surface area contributed by atoms with Gasteiger partial charge in [0.05, 0.1) is 5.56 Å². The molecule has 0 bridgehead atoms. The summed E-state index contributed by atoms with van der Waals surface area (Å²) in [5.41, 5.74) is 0.756. The number of halogens is 5. The lowest BCUT2D eigenvalue weighted by atomic mass is 10.1. The summed E-state index contributed by atoms with van der Waals surface area (Å²) < 4.78 is 37.9. The van der Waals surface area contributed by atoms with E-state index in [1.807, 2.05) is 24.3 Å². The molecule has 1 saturated heterocycles. The van der Waals surface area contributed by atoms with Gasteiger partial charge < -0.3 is 4.90 Å². The first kappa shape index (κ1) is 22.5. The molecule has 0 atom stereocenters. The third kappa shape index (κ3) is 5.87. The molecular weight excluding hydrogens is 412 g/mol. The molecule has 1 heterocycles. The molecule has 0 spiro atoms. The highest BCUT2D eigenvalue weighted by Gasteiger charge is 2.30. The minimum Gasteiger partial charge on any atom is -0.336 e. The zero-order chi connectivity index (χ0) is 19.4. The van der Waals surface area contributed by atoms with Crippen molar-refractivity contribution in [2.24, 2.45) is 0 Å². The zero-order valence-electron chi connectivity index (χ0n) is 15.1. The minimum absolute atomic E-state index is 0. The SMILES string of the molecule is Cl.O=C(c1ccc(C(F)(F)F)cc1)N1CCN(CCc2ccc(Cl)cc2)CC1. The van der Waals surface area contributed by atoms with Crippen molar-refractivity contribution in [1.29, 1.82) is 0 Å². The molecule has 2 aromatic rings. The number of nitrogens with zero attached hydrogens (tertiary/aromatic N) is 2. The molecular formula is C20H21Cl2F3N2O. The van der Waals surface area contributed by atoms with Crippen LogP contribution in [0.4, 0.5) is 13.2 Å². The van der Waals surface area contributed by atoms with Crippen LogP contribution >= 0.6 is 24.0 Å². The van der Waals surface area contributed by atoms with Gasteiger partial charge in [0.25, 0.3) is 5.91 Å². The maximum absolute atomic E-state index is 12.6. The minimum atomic E-state index is -4.39. The van der Waals surface area contributed by atoms with E-state index in [4.69, 9.17) is 11.6 Å². The van der Waals surface area contributed by atoms with Gasteiger partial charge in [-0.25, -0.2) is 0 Å². The average Bonchev–Trinajstić information content (AvgIpc) is 2.67. The topological polar surface area (TPSA) is 23.6 Å². The second-order valence-electron chi connectivity index (χ2n) is 6.59. The number of hydrogen-bond donors (Lipinski definition) is 0. The van der Waals surface area contributed by atoms with Gasteiger partial charge in [0.1, 0.15) is 0 Å². The van der Waals surface area contributed by atoms with Crippen molar-refractivity contribution < 1.29 is 18.0 Å². The van der Waals surface area contributed by atoms with Crippen LogP contribution in [-0.2, 0) is 12.6 Å². The van der Waals surface area contributed by atoms with Gasteiger partial charge in [-0.1, -0.05) is 23.7 Å². The van der Waals surface area contributed by atoms with Crippen LogP contribution in [0.3, 0.4) is 0 Å². The quantitative estimate of drug-likeness (QED) is 0.693. The highest BCUT2D eigenvalue weighted by Crippen LogP contribution is 2.29. The fourth-order valence-electron chi connectivity index (χ4n) is 3.10. The Morgan fingerprint density at radius 3 is 2.04 bits per heavy atom. The zero-order valence-corrected chi connectivity index (χ0v) is 16.7. The average molecular weight is 433 g/mol. The van der Waals surface area contributed by atoms with Crippen LogP contribution in [0.15, 0.2) is 48.5 Å². The van der Waals surface area contributed by atoms with Crippen LogP contribution in [-0.4, -0.2) is 48.4 Å². The summed E-state index contributed by atoms with van der Waals surface area (Å²) in [7, 11) is 0. The highest BCUT2D eigenvalue weighted by atomic mass is 35.5. The Bertz CT molecular complexity index is 772. The molecule has 0 saturated carbocycles. The first-order valence-corrected chi connectivity index (χ1v) is 9.14. The monoisotopic (exact) mass is 432 g/mol. The first-order valence-electron chi connectivity index (χ1n) is 8.76. The number of piperazine rings is 1. The molecule has 3 nitrogen and oxygen atoms in total. The Morgan fingerprint density at radius 2 is 1.50 bits per heavy atom. The summed E-state index contributed by atoms with van der Waals surface area (Å²) in [6.07, 6.45) is -3.48. The van der Waals surface area contributed by atoms with E-state index in [-0.39, 0.29) is 23.9 Å². The normalized spacial score (nSPS) is 15.2. The molecule has 0 unspecified atom stereocenters. The molecule has 0 aliphatic carbocycles. The maximum Gasteiger partial charge on any atom is 0.416 e. The largest absolute Gasteiger partial charge is 0.416 e. The van der Waals surface area contributed by atoms with E-state index in [1.54, 1.807) is 4.90 Å². The van der Waals surface area contributed by atoms with Crippen molar-refractivity contribution in [2.45, 2.75) is 12.6 Å². The number of carbonyl (C=O) groups is 1. The third-order valence-corrected chi connectivity index (χ3v) is 5.00. The number of carbonyl (C=O) groups excluding carboxylic acids is 1. The summed E-state index contributed by atoms with van der Waals surface area (Å²) in [6, 6.07) is 12.2. The van der Waals surface area contributed by atoms with E-state index in [0.717, 1.165) is 38.2 Å². The van der Waals surface area contributed by atoms with Crippen LogP contribution in [0.5, 0.6) is 0 Å². The number of alkyl halides is 3. The van der Waals surface area contributed by atoms with Gasteiger partial charge in [-0.3, -0.25) is 9.69 Å². The Morgan fingerprint density at radius 1 is 0.929 bits per heavy atom. The van der Waals surface area contributed by atoms with Crippen molar-refractivity contribution in [2.75, 3.05) is 32.7 Å². The predicted molar refractivity (Wildman–Crippen MR) is 106 cm³/mol. The summed E-state index contributed by atoms with van der Waals surface area (Å²) in [4.78, 5) is 16.5. The lowest BCUT2D eigenvalue weighted by Crippen LogP contribution is -2.49. The molecule has 1 amide bonds. The van der Waals surface area contributed by atoms with Crippen LogP contribution in [0.2, 0.25) is 5.02 Å². The molecule has 28 heavy (non-hydrogen) atoms. The van der Waals surface area contributed by atoms with Gasteiger partial charge in [0.15, 0.2) is 0 Å². The fourth-order valence-corrected chi connectivity index (χ4v) is 3.22.